The van der Waals surface area contributed by atoms with Gasteiger partial charge in [-0.25, -0.2) is 0 Å². The van der Waals surface area contributed by atoms with Crippen LogP contribution < -0.4 is 9.47 Å². The first kappa shape index (κ1) is 23.9. The summed E-state index contributed by atoms with van der Waals surface area (Å²) in [6.07, 6.45) is -0.223. The predicted molar refractivity (Wildman–Crippen MR) is 134 cm³/mol. The smallest absolute Gasteiger partial charge is 0.311 e. The molecule has 174 valence electrons. The molecule has 0 aromatic heterocycles. The number of esters is 2. The maximum atomic E-state index is 12.2. The zero-order chi connectivity index (χ0) is 25.3. The van der Waals surface area contributed by atoms with Gasteiger partial charge in [0.1, 0.15) is 11.5 Å². The highest BCUT2D eigenvalue weighted by Gasteiger charge is 2.12. The third-order valence-electron chi connectivity index (χ3n) is 5.40. The van der Waals surface area contributed by atoms with E-state index in [1.165, 1.54) is 0 Å². The Morgan fingerprint density at radius 3 is 1.06 bits per heavy atom. The maximum absolute atomic E-state index is 12.2. The minimum absolute atomic E-state index is 0.112. The van der Waals surface area contributed by atoms with Gasteiger partial charge in [-0.1, -0.05) is 48.5 Å². The van der Waals surface area contributed by atoms with Crippen molar-refractivity contribution in [2.45, 2.75) is 12.8 Å². The Balaban J connectivity index is 1.25. The first-order valence-electron chi connectivity index (χ1n) is 11.2. The Kier molecular flexibility index (Phi) is 7.51. The van der Waals surface area contributed by atoms with Crippen molar-refractivity contribution in [1.29, 1.82) is 10.5 Å². The molecule has 0 unspecified atom stereocenters. The quantitative estimate of drug-likeness (QED) is 0.240. The molecule has 0 aliphatic heterocycles. The van der Waals surface area contributed by atoms with Gasteiger partial charge in [-0.15, -0.1) is 0 Å². The number of nitrogens with zero attached hydrogens (tertiary/aromatic N) is 2. The van der Waals surface area contributed by atoms with Crippen LogP contribution in [0.3, 0.4) is 0 Å². The molecule has 0 aliphatic rings. The minimum atomic E-state index is -0.533. The van der Waals surface area contributed by atoms with Crippen molar-refractivity contribution in [2.75, 3.05) is 0 Å². The highest BCUT2D eigenvalue weighted by Crippen LogP contribution is 2.24. The van der Waals surface area contributed by atoms with Gasteiger partial charge in [-0.05, 0) is 70.8 Å². The van der Waals surface area contributed by atoms with Crippen molar-refractivity contribution >= 4 is 11.9 Å². The molecule has 0 spiro atoms. The summed E-state index contributed by atoms with van der Waals surface area (Å²) in [5, 5.41) is 17.8. The minimum Gasteiger partial charge on any atom is -0.427 e. The van der Waals surface area contributed by atoms with Crippen LogP contribution in [0.4, 0.5) is 0 Å². The monoisotopic (exact) mass is 472 g/mol. The Labute approximate surface area is 208 Å². The second-order valence-corrected chi connectivity index (χ2v) is 7.88. The first-order chi connectivity index (χ1) is 17.5. The van der Waals surface area contributed by atoms with Crippen LogP contribution in [-0.2, 0) is 9.59 Å². The van der Waals surface area contributed by atoms with Crippen LogP contribution in [0.25, 0.3) is 22.3 Å². The molecule has 0 fully saturated rings. The van der Waals surface area contributed by atoms with Gasteiger partial charge >= 0.3 is 11.9 Å². The lowest BCUT2D eigenvalue weighted by molar-refractivity contribution is -0.140. The number of rotatable bonds is 7. The van der Waals surface area contributed by atoms with Crippen molar-refractivity contribution in [2.24, 2.45) is 0 Å². The Hall–Kier alpha value is -5.20. The topological polar surface area (TPSA) is 100 Å². The summed E-state index contributed by atoms with van der Waals surface area (Å²) in [5.41, 5.74) is 4.91. The van der Waals surface area contributed by atoms with E-state index in [2.05, 4.69) is 12.1 Å². The van der Waals surface area contributed by atoms with Crippen molar-refractivity contribution < 1.29 is 19.1 Å². The van der Waals surface area contributed by atoms with Crippen molar-refractivity contribution in [3.8, 4) is 45.9 Å². The van der Waals surface area contributed by atoms with Crippen molar-refractivity contribution in [3.63, 3.8) is 0 Å². The van der Waals surface area contributed by atoms with E-state index in [1.54, 1.807) is 48.5 Å². The van der Waals surface area contributed by atoms with E-state index >= 15 is 0 Å². The molecule has 4 rings (SSSR count). The number of nitriles is 2. The molecule has 0 radical (unpaired) electrons. The van der Waals surface area contributed by atoms with Crippen LogP contribution in [-0.4, -0.2) is 11.9 Å². The average Bonchev–Trinajstić information content (AvgIpc) is 2.93. The molecule has 6 nitrogen and oxygen atoms in total. The van der Waals surface area contributed by atoms with E-state index in [1.807, 2.05) is 48.5 Å². The Morgan fingerprint density at radius 2 is 0.778 bits per heavy atom. The zero-order valence-electron chi connectivity index (χ0n) is 19.2. The van der Waals surface area contributed by atoms with Crippen LogP contribution in [0.2, 0.25) is 0 Å². The third-order valence-corrected chi connectivity index (χ3v) is 5.40. The Morgan fingerprint density at radius 1 is 0.500 bits per heavy atom. The highest BCUT2D eigenvalue weighted by molar-refractivity contribution is 5.80. The van der Waals surface area contributed by atoms with E-state index in [9.17, 15) is 9.59 Å². The summed E-state index contributed by atoms with van der Waals surface area (Å²) >= 11 is 0. The molecule has 0 atom stereocenters. The summed E-state index contributed by atoms with van der Waals surface area (Å²) < 4.78 is 10.6. The predicted octanol–water partition coefficient (Wildman–Crippen LogP) is 6.06. The van der Waals surface area contributed by atoms with E-state index in [0.717, 1.165) is 22.3 Å². The van der Waals surface area contributed by atoms with Gasteiger partial charge in [-0.2, -0.15) is 10.5 Å². The number of hydrogen-bond acceptors (Lipinski definition) is 6. The SMILES string of the molecule is N#Cc1ccc(-c2ccc(OC(=O)CCC(=O)Oc3ccc(-c4ccc(C#N)cc4)cc3)cc2)cc1. The molecular weight excluding hydrogens is 452 g/mol. The van der Waals surface area contributed by atoms with Crippen LogP contribution in [0, 0.1) is 22.7 Å². The standard InChI is InChI=1S/C30H20N2O4/c31-19-21-1-5-23(6-2-21)25-9-13-27(14-10-25)35-29(33)17-18-30(34)36-28-15-11-26(12-16-28)24-7-3-22(20-32)4-8-24/h1-16H,17-18H2. The van der Waals surface area contributed by atoms with Gasteiger partial charge in [0.25, 0.3) is 0 Å². The molecule has 0 heterocycles. The van der Waals surface area contributed by atoms with E-state index in [4.69, 9.17) is 20.0 Å². The third kappa shape index (κ3) is 6.22. The summed E-state index contributed by atoms with van der Waals surface area (Å²) in [6, 6.07) is 32.5. The number of hydrogen-bond donors (Lipinski definition) is 0. The van der Waals surface area contributed by atoms with Gasteiger partial charge in [0.05, 0.1) is 36.1 Å². The number of ether oxygens (including phenoxy) is 2. The van der Waals surface area contributed by atoms with Gasteiger partial charge in [0.15, 0.2) is 0 Å². The summed E-state index contributed by atoms with van der Waals surface area (Å²) in [4.78, 5) is 24.3. The number of benzene rings is 4. The van der Waals surface area contributed by atoms with E-state index in [0.29, 0.717) is 22.6 Å². The number of carbonyl (C=O) groups excluding carboxylic acids is 2. The van der Waals surface area contributed by atoms with Crippen LogP contribution in [0.5, 0.6) is 11.5 Å². The normalized spacial score (nSPS) is 10.1. The summed E-state index contributed by atoms with van der Waals surface area (Å²) in [6.45, 7) is 0. The maximum Gasteiger partial charge on any atom is 0.311 e. The molecule has 6 heteroatoms. The molecule has 4 aromatic carbocycles. The van der Waals surface area contributed by atoms with Gasteiger partial charge < -0.3 is 9.47 Å². The molecular formula is C30H20N2O4. The molecule has 0 saturated heterocycles. The van der Waals surface area contributed by atoms with Crippen molar-refractivity contribution in [3.05, 3.63) is 108 Å². The number of carbonyl (C=O) groups is 2. The van der Waals surface area contributed by atoms with E-state index in [-0.39, 0.29) is 12.8 Å². The first-order valence-corrected chi connectivity index (χ1v) is 11.2. The summed E-state index contributed by atoms with van der Waals surface area (Å²) in [5.74, 6) is -0.309. The fourth-order valence-corrected chi connectivity index (χ4v) is 3.47. The second-order valence-electron chi connectivity index (χ2n) is 7.88. The lowest BCUT2D eigenvalue weighted by Crippen LogP contribution is -2.14. The molecule has 36 heavy (non-hydrogen) atoms. The summed E-state index contributed by atoms with van der Waals surface area (Å²) in [7, 11) is 0. The molecule has 0 N–H and O–H groups in total. The largest absolute Gasteiger partial charge is 0.427 e. The zero-order valence-corrected chi connectivity index (χ0v) is 19.2. The Bertz CT molecular complexity index is 1330. The molecule has 4 aromatic rings. The lowest BCUT2D eigenvalue weighted by Gasteiger charge is -2.07. The molecule has 0 aliphatic carbocycles. The van der Waals surface area contributed by atoms with E-state index < -0.39 is 11.9 Å². The fraction of sp³-hybridized carbons (Fsp3) is 0.0667. The van der Waals surface area contributed by atoms with Crippen molar-refractivity contribution in [1.82, 2.24) is 0 Å². The molecule has 0 amide bonds. The second kappa shape index (κ2) is 11.3. The van der Waals surface area contributed by atoms with Gasteiger partial charge in [0.2, 0.25) is 0 Å². The fourth-order valence-electron chi connectivity index (χ4n) is 3.47. The van der Waals surface area contributed by atoms with Crippen LogP contribution in [0.1, 0.15) is 24.0 Å². The van der Waals surface area contributed by atoms with Gasteiger partial charge in [-0.3, -0.25) is 9.59 Å². The average molecular weight is 473 g/mol. The molecule has 0 saturated carbocycles. The lowest BCUT2D eigenvalue weighted by atomic mass is 10.0. The van der Waals surface area contributed by atoms with Crippen LogP contribution in [0.15, 0.2) is 97.1 Å². The van der Waals surface area contributed by atoms with Gasteiger partial charge in [0, 0.05) is 0 Å². The molecule has 0 bridgehead atoms. The van der Waals surface area contributed by atoms with Crippen LogP contribution >= 0.6 is 0 Å². The highest BCUT2D eigenvalue weighted by atomic mass is 16.5.